The molecule has 2 aromatic carbocycles. The molecule has 1 amide bonds. The number of halogens is 2. The Morgan fingerprint density at radius 3 is 2.41 bits per heavy atom. The predicted octanol–water partition coefficient (Wildman–Crippen LogP) is 4.58. The number of nitrogens with zero attached hydrogens (tertiary/aromatic N) is 1. The van der Waals surface area contributed by atoms with Gasteiger partial charge in [-0.05, 0) is 41.3 Å². The molecule has 0 radical (unpaired) electrons. The van der Waals surface area contributed by atoms with Crippen LogP contribution in [0, 0.1) is 0 Å². The molecule has 0 heterocycles. The van der Waals surface area contributed by atoms with Crippen molar-refractivity contribution >= 4 is 17.8 Å². The summed E-state index contributed by atoms with van der Waals surface area (Å²) >= 11 is 0. The van der Waals surface area contributed by atoms with E-state index in [4.69, 9.17) is 9.57 Å². The van der Waals surface area contributed by atoms with Crippen LogP contribution in [-0.2, 0) is 15.0 Å². The van der Waals surface area contributed by atoms with Gasteiger partial charge in [0.15, 0.2) is 18.1 Å². The number of hydrogen-bond acceptors (Lipinski definition) is 5. The zero-order valence-electron chi connectivity index (χ0n) is 16.7. The number of nitrogens with one attached hydrogen (secondary N) is 1. The van der Waals surface area contributed by atoms with Gasteiger partial charge in [0.05, 0.1) is 13.3 Å². The molecule has 1 N–H and O–H groups in total. The Morgan fingerprint density at radius 1 is 1.14 bits per heavy atom. The van der Waals surface area contributed by atoms with Gasteiger partial charge in [-0.25, -0.2) is 0 Å². The topological polar surface area (TPSA) is 69.2 Å². The average molecular weight is 406 g/mol. The van der Waals surface area contributed by atoms with Crippen molar-refractivity contribution in [3.63, 3.8) is 0 Å². The summed E-state index contributed by atoms with van der Waals surface area (Å²) in [6, 6.07) is 11.9. The largest absolute Gasteiger partial charge is 0.493 e. The van der Waals surface area contributed by atoms with Gasteiger partial charge in [-0.15, -0.1) is 0 Å². The van der Waals surface area contributed by atoms with Crippen LogP contribution in [0.25, 0.3) is 0 Å². The van der Waals surface area contributed by atoms with E-state index in [0.717, 1.165) is 5.56 Å². The van der Waals surface area contributed by atoms with Gasteiger partial charge < -0.3 is 19.6 Å². The van der Waals surface area contributed by atoms with E-state index in [9.17, 15) is 13.6 Å². The van der Waals surface area contributed by atoms with Gasteiger partial charge in [-0.2, -0.15) is 8.78 Å². The molecule has 0 spiro atoms. The Hall–Kier alpha value is -3.16. The summed E-state index contributed by atoms with van der Waals surface area (Å²) in [5, 5.41) is 6.42. The zero-order chi connectivity index (χ0) is 21.4. The molecule has 2 rings (SSSR count). The van der Waals surface area contributed by atoms with Gasteiger partial charge in [0, 0.05) is 11.3 Å². The van der Waals surface area contributed by atoms with Crippen molar-refractivity contribution in [2.75, 3.05) is 19.0 Å². The van der Waals surface area contributed by atoms with E-state index in [2.05, 4.69) is 36.0 Å². The standard InChI is InChI=1S/C21H24F2N2O4/c1-21(2,3)15-6-8-16(9-7-15)25-19(26)13-28-24-12-14-5-10-17(29-20(22)23)18(11-14)27-4/h5-12,20H,13H2,1-4H3,(H,25,26)/b24-12+. The number of amides is 1. The van der Waals surface area contributed by atoms with E-state index in [1.807, 2.05) is 24.3 Å². The molecule has 0 saturated heterocycles. The van der Waals surface area contributed by atoms with Gasteiger partial charge in [0.1, 0.15) is 0 Å². The summed E-state index contributed by atoms with van der Waals surface area (Å²) in [6.07, 6.45) is 1.33. The average Bonchev–Trinajstić information content (AvgIpc) is 2.65. The summed E-state index contributed by atoms with van der Waals surface area (Å²) in [5.74, 6) is -0.313. The molecule has 0 atom stereocenters. The van der Waals surface area contributed by atoms with Crippen LogP contribution in [0.15, 0.2) is 47.6 Å². The lowest BCUT2D eigenvalue weighted by Crippen LogP contribution is -2.17. The third-order valence-corrected chi connectivity index (χ3v) is 3.91. The highest BCUT2D eigenvalue weighted by atomic mass is 19.3. The van der Waals surface area contributed by atoms with Crippen molar-refractivity contribution in [1.82, 2.24) is 0 Å². The quantitative estimate of drug-likeness (QED) is 0.515. The minimum Gasteiger partial charge on any atom is -0.493 e. The van der Waals surface area contributed by atoms with Crippen LogP contribution >= 0.6 is 0 Å². The molecule has 0 bridgehead atoms. The Morgan fingerprint density at radius 2 is 1.83 bits per heavy atom. The molecule has 8 heteroatoms. The fourth-order valence-corrected chi connectivity index (χ4v) is 2.40. The highest BCUT2D eigenvalue weighted by Crippen LogP contribution is 2.29. The van der Waals surface area contributed by atoms with Gasteiger partial charge in [-0.3, -0.25) is 4.79 Å². The normalized spacial score (nSPS) is 11.6. The molecule has 0 aliphatic rings. The third kappa shape index (κ3) is 7.06. The highest BCUT2D eigenvalue weighted by molar-refractivity contribution is 5.91. The molecule has 0 aromatic heterocycles. The van der Waals surface area contributed by atoms with E-state index in [-0.39, 0.29) is 29.4 Å². The van der Waals surface area contributed by atoms with Gasteiger partial charge in [0.25, 0.3) is 5.91 Å². The van der Waals surface area contributed by atoms with Crippen molar-refractivity contribution in [1.29, 1.82) is 0 Å². The van der Waals surface area contributed by atoms with Crippen molar-refractivity contribution in [3.05, 3.63) is 53.6 Å². The number of ether oxygens (including phenoxy) is 2. The van der Waals surface area contributed by atoms with Crippen molar-refractivity contribution < 1.29 is 27.9 Å². The molecule has 29 heavy (non-hydrogen) atoms. The second-order valence-electron chi connectivity index (χ2n) is 7.17. The number of methoxy groups -OCH3 is 1. The maximum Gasteiger partial charge on any atom is 0.387 e. The molecule has 6 nitrogen and oxygen atoms in total. The first-order valence-electron chi connectivity index (χ1n) is 8.87. The lowest BCUT2D eigenvalue weighted by Gasteiger charge is -2.19. The van der Waals surface area contributed by atoms with Crippen LogP contribution in [0.3, 0.4) is 0 Å². The van der Waals surface area contributed by atoms with E-state index in [1.54, 1.807) is 0 Å². The number of rotatable bonds is 8. The summed E-state index contributed by atoms with van der Waals surface area (Å²) in [6.45, 7) is 3.11. The summed E-state index contributed by atoms with van der Waals surface area (Å²) < 4.78 is 34.0. The first-order valence-corrected chi connectivity index (χ1v) is 8.87. The first-order chi connectivity index (χ1) is 13.7. The minimum absolute atomic E-state index is 0.0346. The maximum atomic E-state index is 12.3. The SMILES string of the molecule is COc1cc(/C=N/OCC(=O)Nc2ccc(C(C)(C)C)cc2)ccc1OC(F)F. The van der Waals surface area contributed by atoms with Gasteiger partial charge in [-0.1, -0.05) is 38.1 Å². The van der Waals surface area contributed by atoms with E-state index < -0.39 is 6.61 Å². The Balaban J connectivity index is 1.86. The number of alkyl halides is 2. The van der Waals surface area contributed by atoms with Crippen LogP contribution in [0.2, 0.25) is 0 Å². The van der Waals surface area contributed by atoms with Crippen LogP contribution < -0.4 is 14.8 Å². The monoisotopic (exact) mass is 406 g/mol. The Labute approximate surface area is 168 Å². The molecular weight excluding hydrogens is 382 g/mol. The van der Waals surface area contributed by atoms with E-state index in [0.29, 0.717) is 11.3 Å². The van der Waals surface area contributed by atoms with Crippen molar-refractivity contribution in [2.24, 2.45) is 5.16 Å². The van der Waals surface area contributed by atoms with Gasteiger partial charge >= 0.3 is 6.61 Å². The number of oxime groups is 1. The molecule has 0 aliphatic carbocycles. The molecule has 2 aromatic rings. The third-order valence-electron chi connectivity index (χ3n) is 3.91. The van der Waals surface area contributed by atoms with Crippen LogP contribution in [0.4, 0.5) is 14.5 Å². The Kier molecular flexibility index (Phi) is 7.52. The number of carbonyl (C=O) groups is 1. The van der Waals surface area contributed by atoms with E-state index in [1.165, 1.54) is 31.5 Å². The number of benzene rings is 2. The van der Waals surface area contributed by atoms with Gasteiger partial charge in [0.2, 0.25) is 0 Å². The number of anilines is 1. The fraction of sp³-hybridized carbons (Fsp3) is 0.333. The van der Waals surface area contributed by atoms with Crippen LogP contribution in [-0.4, -0.2) is 32.4 Å². The zero-order valence-corrected chi connectivity index (χ0v) is 16.7. The fourth-order valence-electron chi connectivity index (χ4n) is 2.40. The molecule has 0 aliphatic heterocycles. The second kappa shape index (κ2) is 9.86. The number of carbonyl (C=O) groups excluding carboxylic acids is 1. The van der Waals surface area contributed by atoms with Crippen molar-refractivity contribution in [3.8, 4) is 11.5 Å². The molecule has 0 saturated carbocycles. The molecular formula is C21H24F2N2O4. The molecule has 0 unspecified atom stereocenters. The predicted molar refractivity (Wildman–Crippen MR) is 107 cm³/mol. The highest BCUT2D eigenvalue weighted by Gasteiger charge is 2.13. The summed E-state index contributed by atoms with van der Waals surface area (Å²) in [5.41, 5.74) is 2.39. The lowest BCUT2D eigenvalue weighted by molar-refractivity contribution is -0.120. The van der Waals surface area contributed by atoms with Crippen molar-refractivity contribution in [2.45, 2.75) is 32.8 Å². The van der Waals surface area contributed by atoms with E-state index >= 15 is 0 Å². The summed E-state index contributed by atoms with van der Waals surface area (Å²) in [7, 11) is 1.34. The summed E-state index contributed by atoms with van der Waals surface area (Å²) in [4.78, 5) is 16.9. The molecule has 156 valence electrons. The first kappa shape index (κ1) is 22.1. The maximum absolute atomic E-state index is 12.3. The Bertz CT molecular complexity index is 847. The number of hydrogen-bond donors (Lipinski definition) is 1. The minimum atomic E-state index is -2.95. The van der Waals surface area contributed by atoms with Crippen LogP contribution in [0.5, 0.6) is 11.5 Å². The van der Waals surface area contributed by atoms with Crippen LogP contribution in [0.1, 0.15) is 31.9 Å². The lowest BCUT2D eigenvalue weighted by atomic mass is 9.87. The smallest absolute Gasteiger partial charge is 0.387 e. The second-order valence-corrected chi connectivity index (χ2v) is 7.17. The molecule has 0 fully saturated rings.